The first-order chi connectivity index (χ1) is 18.3. The summed E-state index contributed by atoms with van der Waals surface area (Å²) in [5, 5.41) is 4.85. The van der Waals surface area contributed by atoms with E-state index in [-0.39, 0.29) is 10.6 Å². The van der Waals surface area contributed by atoms with Crippen molar-refractivity contribution in [1.82, 2.24) is 5.43 Å². The van der Waals surface area contributed by atoms with Gasteiger partial charge in [-0.1, -0.05) is 53.5 Å². The van der Waals surface area contributed by atoms with Gasteiger partial charge in [0.05, 0.1) is 28.4 Å². The second kappa shape index (κ2) is 12.2. The first-order valence-electron chi connectivity index (χ1n) is 11.5. The fraction of sp³-hybridized carbons (Fsp3) is 0.111. The molecule has 1 heterocycles. The zero-order chi connectivity index (χ0) is 27.1. The lowest BCUT2D eigenvalue weighted by Crippen LogP contribution is -2.39. The largest absolute Gasteiger partial charge is 0.492 e. The van der Waals surface area contributed by atoms with E-state index in [0.717, 1.165) is 4.31 Å². The van der Waals surface area contributed by atoms with Gasteiger partial charge in [-0.15, -0.1) is 0 Å². The molecule has 0 spiro atoms. The second-order valence-electron chi connectivity index (χ2n) is 7.84. The van der Waals surface area contributed by atoms with Crippen LogP contribution in [0.25, 0.3) is 11.3 Å². The Balaban J connectivity index is 1.53. The van der Waals surface area contributed by atoms with Crippen molar-refractivity contribution in [2.75, 3.05) is 17.5 Å². The molecule has 0 bridgehead atoms. The number of halogens is 2. The number of nitrogens with one attached hydrogen (secondary N) is 1. The minimum atomic E-state index is -4.10. The number of carbonyl (C=O) groups is 1. The fourth-order valence-corrected chi connectivity index (χ4v) is 5.50. The van der Waals surface area contributed by atoms with Gasteiger partial charge in [0, 0.05) is 10.6 Å². The molecule has 196 valence electrons. The van der Waals surface area contributed by atoms with Gasteiger partial charge in [-0.05, 0) is 61.5 Å². The van der Waals surface area contributed by atoms with Gasteiger partial charge in [0.25, 0.3) is 15.9 Å². The van der Waals surface area contributed by atoms with E-state index in [1.165, 1.54) is 18.3 Å². The van der Waals surface area contributed by atoms with E-state index in [1.54, 1.807) is 79.7 Å². The maximum atomic E-state index is 13.5. The van der Waals surface area contributed by atoms with Crippen LogP contribution in [0.1, 0.15) is 12.7 Å². The molecule has 4 aromatic rings. The zero-order valence-electron chi connectivity index (χ0n) is 20.2. The van der Waals surface area contributed by atoms with Crippen molar-refractivity contribution in [2.24, 2.45) is 5.10 Å². The molecular weight excluding hydrogens is 549 g/mol. The molecule has 0 atom stereocenters. The van der Waals surface area contributed by atoms with Crippen LogP contribution < -0.4 is 14.5 Å². The number of benzene rings is 3. The van der Waals surface area contributed by atoms with E-state index in [9.17, 15) is 13.2 Å². The van der Waals surface area contributed by atoms with Crippen LogP contribution in [0, 0.1) is 0 Å². The van der Waals surface area contributed by atoms with E-state index >= 15 is 0 Å². The molecule has 0 saturated heterocycles. The highest BCUT2D eigenvalue weighted by Gasteiger charge is 2.29. The predicted molar refractivity (Wildman–Crippen MR) is 148 cm³/mol. The lowest BCUT2D eigenvalue weighted by Gasteiger charge is -2.25. The third-order valence-corrected chi connectivity index (χ3v) is 7.58. The van der Waals surface area contributed by atoms with Crippen LogP contribution >= 0.6 is 23.2 Å². The summed E-state index contributed by atoms with van der Waals surface area (Å²) in [5.74, 6) is 0.503. The maximum absolute atomic E-state index is 13.5. The van der Waals surface area contributed by atoms with Crippen molar-refractivity contribution < 1.29 is 22.4 Å². The average Bonchev–Trinajstić information content (AvgIpc) is 3.37. The summed E-state index contributed by atoms with van der Waals surface area (Å²) in [7, 11) is -4.10. The van der Waals surface area contributed by atoms with Crippen LogP contribution in [-0.4, -0.2) is 33.7 Å². The van der Waals surface area contributed by atoms with Crippen LogP contribution in [0.3, 0.4) is 0 Å². The molecule has 0 aliphatic rings. The number of nitrogens with zero attached hydrogens (tertiary/aromatic N) is 2. The number of para-hydroxylation sites is 2. The molecule has 0 saturated carbocycles. The first-order valence-corrected chi connectivity index (χ1v) is 13.7. The lowest BCUT2D eigenvalue weighted by molar-refractivity contribution is -0.119. The molecule has 4 rings (SSSR count). The molecule has 0 aliphatic heterocycles. The van der Waals surface area contributed by atoms with Gasteiger partial charge < -0.3 is 9.15 Å². The summed E-state index contributed by atoms with van der Waals surface area (Å²) in [6.45, 7) is 1.57. The number of anilines is 1. The molecule has 11 heteroatoms. The Bertz CT molecular complexity index is 1560. The van der Waals surface area contributed by atoms with Crippen molar-refractivity contribution in [1.29, 1.82) is 0 Å². The summed E-state index contributed by atoms with van der Waals surface area (Å²) in [6, 6.07) is 22.9. The van der Waals surface area contributed by atoms with E-state index in [2.05, 4.69) is 10.5 Å². The molecule has 8 nitrogen and oxygen atoms in total. The van der Waals surface area contributed by atoms with Crippen molar-refractivity contribution >= 4 is 51.0 Å². The van der Waals surface area contributed by atoms with Gasteiger partial charge in [0.1, 0.15) is 23.8 Å². The highest BCUT2D eigenvalue weighted by atomic mass is 35.5. The number of furan rings is 1. The predicted octanol–water partition coefficient (Wildman–Crippen LogP) is 6.00. The number of hydrogen-bond donors (Lipinski definition) is 1. The van der Waals surface area contributed by atoms with Crippen LogP contribution in [0.4, 0.5) is 5.69 Å². The molecule has 0 aliphatic carbocycles. The Kier molecular flexibility index (Phi) is 8.73. The highest BCUT2D eigenvalue weighted by Crippen LogP contribution is 2.33. The number of hydrogen-bond acceptors (Lipinski definition) is 6. The van der Waals surface area contributed by atoms with Gasteiger partial charge in [-0.2, -0.15) is 5.10 Å². The molecule has 0 radical (unpaired) electrons. The Morgan fingerprint density at radius 2 is 1.76 bits per heavy atom. The summed E-state index contributed by atoms with van der Waals surface area (Å²) < 4.78 is 39.4. The van der Waals surface area contributed by atoms with Crippen LogP contribution in [0.2, 0.25) is 10.0 Å². The van der Waals surface area contributed by atoms with Gasteiger partial charge in [-0.3, -0.25) is 9.10 Å². The van der Waals surface area contributed by atoms with Crippen molar-refractivity contribution in [3.05, 3.63) is 101 Å². The van der Waals surface area contributed by atoms with Gasteiger partial charge in [0.15, 0.2) is 0 Å². The van der Waals surface area contributed by atoms with Crippen molar-refractivity contribution in [2.45, 2.75) is 11.8 Å². The molecular formula is C27H23Cl2N3O5S. The quantitative estimate of drug-likeness (QED) is 0.186. The summed E-state index contributed by atoms with van der Waals surface area (Å²) in [4.78, 5) is 12.9. The number of rotatable bonds is 10. The minimum absolute atomic E-state index is 0.0339. The monoisotopic (exact) mass is 571 g/mol. The summed E-state index contributed by atoms with van der Waals surface area (Å²) >= 11 is 12.2. The third-order valence-electron chi connectivity index (χ3n) is 5.26. The third kappa shape index (κ3) is 6.36. The number of carbonyl (C=O) groups excluding carboxylic acids is 1. The minimum Gasteiger partial charge on any atom is -0.492 e. The van der Waals surface area contributed by atoms with Crippen LogP contribution in [-0.2, 0) is 14.8 Å². The number of ether oxygens (including phenoxy) is 1. The Morgan fingerprint density at radius 1 is 1.03 bits per heavy atom. The number of hydrazone groups is 1. The molecule has 3 aromatic carbocycles. The number of sulfonamides is 1. The van der Waals surface area contributed by atoms with E-state index < -0.39 is 22.5 Å². The summed E-state index contributed by atoms with van der Waals surface area (Å²) in [6.07, 6.45) is 1.30. The SMILES string of the molecule is CCOc1ccccc1N(CC(=O)N/N=C\c1ccc(-c2ccc(Cl)cc2Cl)o1)S(=O)(=O)c1ccccc1. The van der Waals surface area contributed by atoms with Crippen molar-refractivity contribution in [3.8, 4) is 17.1 Å². The van der Waals surface area contributed by atoms with Gasteiger partial charge >= 0.3 is 0 Å². The fourth-order valence-electron chi connectivity index (χ4n) is 3.55. The molecule has 1 N–H and O–H groups in total. The van der Waals surface area contributed by atoms with Crippen LogP contribution in [0.15, 0.2) is 99.3 Å². The lowest BCUT2D eigenvalue weighted by atomic mass is 10.2. The molecule has 38 heavy (non-hydrogen) atoms. The van der Waals surface area contributed by atoms with Gasteiger partial charge in [-0.25, -0.2) is 13.8 Å². The average molecular weight is 572 g/mol. The Hall–Kier alpha value is -3.79. The molecule has 1 amide bonds. The van der Waals surface area contributed by atoms with Gasteiger partial charge in [0.2, 0.25) is 0 Å². The van der Waals surface area contributed by atoms with E-state index in [4.69, 9.17) is 32.4 Å². The van der Waals surface area contributed by atoms with Crippen molar-refractivity contribution in [3.63, 3.8) is 0 Å². The maximum Gasteiger partial charge on any atom is 0.264 e. The molecule has 0 fully saturated rings. The summed E-state index contributed by atoms with van der Waals surface area (Å²) in [5.41, 5.74) is 3.23. The second-order valence-corrected chi connectivity index (χ2v) is 10.6. The van der Waals surface area contributed by atoms with Crippen LogP contribution in [0.5, 0.6) is 5.75 Å². The standard InChI is InChI=1S/C27H23Cl2N3O5S/c1-2-36-26-11-7-6-10-24(26)32(38(34,35)21-8-4-3-5-9-21)18-27(33)31-30-17-20-13-15-25(37-20)22-14-12-19(28)16-23(22)29/h3-17H,2,18H2,1H3,(H,31,33)/b30-17-. The zero-order valence-corrected chi connectivity index (χ0v) is 22.5. The van der Waals surface area contributed by atoms with E-state index in [1.807, 2.05) is 0 Å². The first kappa shape index (κ1) is 27.3. The number of amides is 1. The van der Waals surface area contributed by atoms with E-state index in [0.29, 0.717) is 39.5 Å². The highest BCUT2D eigenvalue weighted by molar-refractivity contribution is 7.92. The molecule has 1 aromatic heterocycles. The topological polar surface area (TPSA) is 101 Å². The smallest absolute Gasteiger partial charge is 0.264 e. The Morgan fingerprint density at radius 3 is 2.50 bits per heavy atom. The Labute approximate surface area is 230 Å². The normalized spacial score (nSPS) is 11.4. The molecule has 0 unspecified atom stereocenters.